The zero-order valence-electron chi connectivity index (χ0n) is 9.32. The highest BCUT2D eigenvalue weighted by Gasteiger charge is 2.10. The van der Waals surface area contributed by atoms with Gasteiger partial charge in [-0.05, 0) is 34.8 Å². The van der Waals surface area contributed by atoms with Crippen LogP contribution in [0.15, 0.2) is 16.6 Å². The highest BCUT2D eigenvalue weighted by Crippen LogP contribution is 2.29. The van der Waals surface area contributed by atoms with Gasteiger partial charge in [0.15, 0.2) is 11.6 Å². The normalized spacial score (nSPS) is 10.6. The molecule has 1 aromatic rings. The fourth-order valence-corrected chi connectivity index (χ4v) is 2.10. The summed E-state index contributed by atoms with van der Waals surface area (Å²) in [5.74, 6) is -0.566. The van der Waals surface area contributed by atoms with Crippen molar-refractivity contribution in [1.82, 2.24) is 0 Å². The largest absolute Gasteiger partial charge is 0.489 e. The molecule has 0 spiro atoms. The molecular weight excluding hydrogens is 313 g/mol. The maximum atomic E-state index is 13.3. The van der Waals surface area contributed by atoms with Crippen molar-refractivity contribution < 1.29 is 13.5 Å². The molecular formula is C12H14BrClF2O. The average Bonchev–Trinajstić information content (AvgIpc) is 2.26. The molecule has 0 aliphatic carbocycles. The Balaban J connectivity index is 2.36. The van der Waals surface area contributed by atoms with E-state index in [-0.39, 0.29) is 5.75 Å². The Kier molecular flexibility index (Phi) is 6.82. The molecule has 0 aliphatic heterocycles. The van der Waals surface area contributed by atoms with Crippen molar-refractivity contribution in [3.8, 4) is 5.75 Å². The molecule has 0 N–H and O–H groups in total. The van der Waals surface area contributed by atoms with E-state index in [4.69, 9.17) is 16.3 Å². The third-order valence-corrected chi connectivity index (χ3v) is 3.09. The molecule has 1 nitrogen and oxygen atoms in total. The fraction of sp³-hybridized carbons (Fsp3) is 0.500. The molecule has 17 heavy (non-hydrogen) atoms. The second kappa shape index (κ2) is 7.88. The Morgan fingerprint density at radius 2 is 1.82 bits per heavy atom. The zero-order chi connectivity index (χ0) is 12.7. The van der Waals surface area contributed by atoms with Gasteiger partial charge in [0.25, 0.3) is 0 Å². The molecule has 0 fully saturated rings. The SMILES string of the molecule is Fc1cc(F)c(OCCCCCCCl)c(Br)c1. The molecule has 0 aliphatic rings. The van der Waals surface area contributed by atoms with Gasteiger partial charge in [0, 0.05) is 11.9 Å². The molecule has 0 heterocycles. The number of rotatable bonds is 7. The van der Waals surface area contributed by atoms with Crippen molar-refractivity contribution in [1.29, 1.82) is 0 Å². The van der Waals surface area contributed by atoms with E-state index < -0.39 is 11.6 Å². The summed E-state index contributed by atoms with van der Waals surface area (Å²) >= 11 is 8.61. The summed E-state index contributed by atoms with van der Waals surface area (Å²) in [6.45, 7) is 0.420. The van der Waals surface area contributed by atoms with E-state index >= 15 is 0 Å². The molecule has 0 aromatic heterocycles. The molecule has 1 aromatic carbocycles. The predicted octanol–water partition coefficient (Wildman–Crippen LogP) is 4.91. The van der Waals surface area contributed by atoms with Crippen LogP contribution >= 0.6 is 27.5 Å². The molecule has 0 radical (unpaired) electrons. The van der Waals surface area contributed by atoms with Gasteiger partial charge >= 0.3 is 0 Å². The highest BCUT2D eigenvalue weighted by atomic mass is 79.9. The van der Waals surface area contributed by atoms with Gasteiger partial charge in [0.05, 0.1) is 11.1 Å². The number of hydrogen-bond donors (Lipinski definition) is 0. The Labute approximate surface area is 113 Å². The van der Waals surface area contributed by atoms with Crippen LogP contribution in [0.5, 0.6) is 5.75 Å². The first-order valence-electron chi connectivity index (χ1n) is 5.48. The second-order valence-corrected chi connectivity index (χ2v) is 4.88. The monoisotopic (exact) mass is 326 g/mol. The van der Waals surface area contributed by atoms with Crippen LogP contribution in [0.4, 0.5) is 8.78 Å². The van der Waals surface area contributed by atoms with Crippen molar-refractivity contribution in [2.24, 2.45) is 0 Å². The van der Waals surface area contributed by atoms with Crippen LogP contribution in [-0.4, -0.2) is 12.5 Å². The van der Waals surface area contributed by atoms with E-state index in [0.29, 0.717) is 17.0 Å². The van der Waals surface area contributed by atoms with E-state index in [1.165, 1.54) is 6.07 Å². The molecule has 5 heteroatoms. The molecule has 1 rings (SSSR count). The first kappa shape index (κ1) is 14.7. The number of halogens is 4. The Bertz CT molecular complexity index is 337. The fourth-order valence-electron chi connectivity index (χ4n) is 1.39. The summed E-state index contributed by atoms with van der Waals surface area (Å²) in [6, 6.07) is 2.00. The maximum absolute atomic E-state index is 13.3. The van der Waals surface area contributed by atoms with Crippen molar-refractivity contribution in [2.75, 3.05) is 12.5 Å². The quantitative estimate of drug-likeness (QED) is 0.511. The zero-order valence-corrected chi connectivity index (χ0v) is 11.7. The molecule has 96 valence electrons. The van der Waals surface area contributed by atoms with Crippen LogP contribution < -0.4 is 4.74 Å². The van der Waals surface area contributed by atoms with Crippen molar-refractivity contribution in [3.63, 3.8) is 0 Å². The Morgan fingerprint density at radius 3 is 2.47 bits per heavy atom. The van der Waals surface area contributed by atoms with Gasteiger partial charge in [0.1, 0.15) is 5.82 Å². The number of hydrogen-bond acceptors (Lipinski definition) is 1. The van der Waals surface area contributed by atoms with Gasteiger partial charge in [-0.25, -0.2) is 8.78 Å². The highest BCUT2D eigenvalue weighted by molar-refractivity contribution is 9.10. The number of alkyl halides is 1. The molecule has 0 atom stereocenters. The van der Waals surface area contributed by atoms with Crippen molar-refractivity contribution in [3.05, 3.63) is 28.2 Å². The summed E-state index contributed by atoms with van der Waals surface area (Å²) in [4.78, 5) is 0. The second-order valence-electron chi connectivity index (χ2n) is 3.65. The standard InChI is InChI=1S/C12H14BrClF2O/c13-10-7-9(15)8-11(16)12(10)17-6-4-2-1-3-5-14/h7-8H,1-6H2. The smallest absolute Gasteiger partial charge is 0.169 e. The summed E-state index contributed by atoms with van der Waals surface area (Å²) in [7, 11) is 0. The molecule has 0 unspecified atom stereocenters. The lowest BCUT2D eigenvalue weighted by molar-refractivity contribution is 0.287. The minimum absolute atomic E-state index is 0.0729. The van der Waals surface area contributed by atoms with E-state index in [2.05, 4.69) is 15.9 Å². The molecule has 0 saturated heterocycles. The summed E-state index contributed by atoms with van der Waals surface area (Å²) in [5.41, 5.74) is 0. The summed E-state index contributed by atoms with van der Waals surface area (Å²) < 4.78 is 31.7. The third kappa shape index (κ3) is 5.21. The number of benzene rings is 1. The van der Waals surface area contributed by atoms with Gasteiger partial charge in [-0.2, -0.15) is 0 Å². The first-order valence-corrected chi connectivity index (χ1v) is 6.81. The minimum atomic E-state index is -0.683. The topological polar surface area (TPSA) is 9.23 Å². The Morgan fingerprint density at radius 1 is 1.12 bits per heavy atom. The third-order valence-electron chi connectivity index (χ3n) is 2.24. The Hall–Kier alpha value is -0.350. The molecule has 0 bridgehead atoms. The number of ether oxygens (including phenoxy) is 1. The van der Waals surface area contributed by atoms with Crippen LogP contribution in [-0.2, 0) is 0 Å². The van der Waals surface area contributed by atoms with Crippen molar-refractivity contribution >= 4 is 27.5 Å². The molecule has 0 amide bonds. The molecule has 0 saturated carbocycles. The van der Waals surface area contributed by atoms with Crippen LogP contribution in [0.2, 0.25) is 0 Å². The van der Waals surface area contributed by atoms with Crippen LogP contribution in [0, 0.1) is 11.6 Å². The number of unbranched alkanes of at least 4 members (excludes halogenated alkanes) is 3. The van der Waals surface area contributed by atoms with E-state index in [9.17, 15) is 8.78 Å². The van der Waals surface area contributed by atoms with E-state index in [1.807, 2.05) is 0 Å². The van der Waals surface area contributed by atoms with Gasteiger partial charge in [0.2, 0.25) is 0 Å². The van der Waals surface area contributed by atoms with Crippen molar-refractivity contribution in [2.45, 2.75) is 25.7 Å². The average molecular weight is 328 g/mol. The lowest BCUT2D eigenvalue weighted by Crippen LogP contribution is -2.00. The van der Waals surface area contributed by atoms with Gasteiger partial charge in [-0.15, -0.1) is 11.6 Å². The predicted molar refractivity (Wildman–Crippen MR) is 68.7 cm³/mol. The summed E-state index contributed by atoms with van der Waals surface area (Å²) in [6.07, 6.45) is 3.85. The van der Waals surface area contributed by atoms with Crippen LogP contribution in [0.1, 0.15) is 25.7 Å². The summed E-state index contributed by atoms with van der Waals surface area (Å²) in [5, 5.41) is 0. The van der Waals surface area contributed by atoms with Gasteiger partial charge in [-0.3, -0.25) is 0 Å². The van der Waals surface area contributed by atoms with Gasteiger partial charge in [-0.1, -0.05) is 12.8 Å². The lowest BCUT2D eigenvalue weighted by Gasteiger charge is -2.09. The van der Waals surface area contributed by atoms with Crippen LogP contribution in [0.25, 0.3) is 0 Å². The van der Waals surface area contributed by atoms with Crippen LogP contribution in [0.3, 0.4) is 0 Å². The minimum Gasteiger partial charge on any atom is -0.489 e. The maximum Gasteiger partial charge on any atom is 0.169 e. The van der Waals surface area contributed by atoms with E-state index in [0.717, 1.165) is 31.7 Å². The first-order chi connectivity index (χ1) is 8.15. The van der Waals surface area contributed by atoms with Gasteiger partial charge < -0.3 is 4.74 Å². The lowest BCUT2D eigenvalue weighted by atomic mass is 10.2. The van der Waals surface area contributed by atoms with E-state index in [1.54, 1.807) is 0 Å².